The fourth-order valence-electron chi connectivity index (χ4n) is 4.74. The summed E-state index contributed by atoms with van der Waals surface area (Å²) in [4.78, 5) is 12.1. The standard InChI is InChI=1S/C13H20O3/c1-2-16-11(14)12-4-9-3-10(5-12)7-13(15,6-9)8-12/h9-10,15H,2-8H2,1H3/t9-,10+,12?,13?. The molecule has 4 aliphatic carbocycles. The molecule has 0 radical (unpaired) electrons. The van der Waals surface area contributed by atoms with Gasteiger partial charge in [-0.25, -0.2) is 0 Å². The fraction of sp³-hybridized carbons (Fsp3) is 0.923. The SMILES string of the molecule is CCOC(=O)C12C[C@@H]3C[C@@H](CC(O)(C3)C1)C2. The number of hydrogen-bond donors (Lipinski definition) is 1. The third-order valence-electron chi connectivity index (χ3n) is 4.74. The highest BCUT2D eigenvalue weighted by molar-refractivity contribution is 5.77. The van der Waals surface area contributed by atoms with Crippen LogP contribution in [0.15, 0.2) is 0 Å². The number of aliphatic hydroxyl groups is 1. The Morgan fingerprint density at radius 1 is 1.31 bits per heavy atom. The monoisotopic (exact) mass is 224 g/mol. The van der Waals surface area contributed by atoms with Crippen LogP contribution in [0.25, 0.3) is 0 Å². The molecule has 3 nitrogen and oxygen atoms in total. The molecule has 16 heavy (non-hydrogen) atoms. The normalized spacial score (nSPS) is 49.4. The molecule has 0 amide bonds. The van der Waals surface area contributed by atoms with Crippen LogP contribution < -0.4 is 0 Å². The second-order valence-electron chi connectivity index (χ2n) is 6.19. The Kier molecular flexibility index (Phi) is 2.13. The van der Waals surface area contributed by atoms with Crippen LogP contribution in [0.2, 0.25) is 0 Å². The first-order chi connectivity index (χ1) is 7.55. The summed E-state index contributed by atoms with van der Waals surface area (Å²) in [6, 6.07) is 0. The Labute approximate surface area is 96.2 Å². The van der Waals surface area contributed by atoms with Gasteiger partial charge in [-0.15, -0.1) is 0 Å². The van der Waals surface area contributed by atoms with E-state index in [2.05, 4.69) is 0 Å². The van der Waals surface area contributed by atoms with E-state index in [1.165, 1.54) is 6.42 Å². The van der Waals surface area contributed by atoms with Crippen LogP contribution in [0, 0.1) is 17.3 Å². The minimum atomic E-state index is -0.559. The predicted molar refractivity (Wildman–Crippen MR) is 58.7 cm³/mol. The van der Waals surface area contributed by atoms with Crippen molar-refractivity contribution in [2.75, 3.05) is 6.61 Å². The molecule has 1 N–H and O–H groups in total. The lowest BCUT2D eigenvalue weighted by molar-refractivity contribution is -0.195. The number of carbonyl (C=O) groups is 1. The van der Waals surface area contributed by atoms with E-state index in [1.54, 1.807) is 0 Å². The van der Waals surface area contributed by atoms with Crippen LogP contribution in [-0.4, -0.2) is 23.3 Å². The summed E-state index contributed by atoms with van der Waals surface area (Å²) in [5.41, 5.74) is -0.897. The summed E-state index contributed by atoms with van der Waals surface area (Å²) in [5, 5.41) is 10.5. The van der Waals surface area contributed by atoms with Crippen LogP contribution >= 0.6 is 0 Å². The minimum absolute atomic E-state index is 0.0532. The Bertz CT molecular complexity index is 309. The van der Waals surface area contributed by atoms with Crippen molar-refractivity contribution >= 4 is 5.97 Å². The van der Waals surface area contributed by atoms with Crippen molar-refractivity contribution in [2.24, 2.45) is 17.3 Å². The van der Waals surface area contributed by atoms with E-state index in [0.29, 0.717) is 24.9 Å². The van der Waals surface area contributed by atoms with E-state index >= 15 is 0 Å². The topological polar surface area (TPSA) is 46.5 Å². The number of carbonyl (C=O) groups excluding carboxylic acids is 1. The van der Waals surface area contributed by atoms with Gasteiger partial charge < -0.3 is 9.84 Å². The Balaban J connectivity index is 1.89. The highest BCUT2D eigenvalue weighted by Gasteiger charge is 2.60. The Morgan fingerprint density at radius 2 is 1.94 bits per heavy atom. The van der Waals surface area contributed by atoms with Gasteiger partial charge in [-0.2, -0.15) is 0 Å². The van der Waals surface area contributed by atoms with Crippen molar-refractivity contribution in [3.63, 3.8) is 0 Å². The van der Waals surface area contributed by atoms with Crippen LogP contribution in [-0.2, 0) is 9.53 Å². The predicted octanol–water partition coefficient (Wildman–Crippen LogP) is 1.88. The number of ether oxygens (including phenoxy) is 1. The second-order valence-corrected chi connectivity index (χ2v) is 6.19. The van der Waals surface area contributed by atoms with Crippen LogP contribution in [0.4, 0.5) is 0 Å². The Hall–Kier alpha value is -0.570. The molecule has 4 fully saturated rings. The molecular formula is C13H20O3. The molecule has 0 aromatic carbocycles. The number of hydrogen-bond acceptors (Lipinski definition) is 3. The highest BCUT2D eigenvalue weighted by atomic mass is 16.5. The minimum Gasteiger partial charge on any atom is -0.466 e. The van der Waals surface area contributed by atoms with Gasteiger partial charge in [-0.1, -0.05) is 0 Å². The average Bonchev–Trinajstić information content (AvgIpc) is 2.13. The average molecular weight is 224 g/mol. The smallest absolute Gasteiger partial charge is 0.312 e. The number of esters is 1. The van der Waals surface area contributed by atoms with E-state index in [9.17, 15) is 9.90 Å². The summed E-state index contributed by atoms with van der Waals surface area (Å²) in [6.45, 7) is 2.31. The molecule has 0 spiro atoms. The summed E-state index contributed by atoms with van der Waals surface area (Å²) in [7, 11) is 0. The van der Waals surface area contributed by atoms with E-state index in [-0.39, 0.29) is 11.4 Å². The lowest BCUT2D eigenvalue weighted by atomic mass is 9.48. The molecular weight excluding hydrogens is 204 g/mol. The van der Waals surface area contributed by atoms with Gasteiger partial charge in [0, 0.05) is 0 Å². The summed E-state index contributed by atoms with van der Waals surface area (Å²) in [6.07, 6.45) is 5.57. The quantitative estimate of drug-likeness (QED) is 0.728. The molecule has 0 aromatic rings. The molecule has 0 aliphatic heterocycles. The van der Waals surface area contributed by atoms with E-state index in [0.717, 1.165) is 25.7 Å². The first-order valence-electron chi connectivity index (χ1n) is 6.45. The summed E-state index contributed by atoms with van der Waals surface area (Å²) < 4.78 is 5.22. The maximum absolute atomic E-state index is 12.1. The van der Waals surface area contributed by atoms with Crippen LogP contribution in [0.3, 0.4) is 0 Å². The maximum Gasteiger partial charge on any atom is 0.312 e. The first-order valence-corrected chi connectivity index (χ1v) is 6.45. The van der Waals surface area contributed by atoms with E-state index in [4.69, 9.17) is 4.74 Å². The first kappa shape index (κ1) is 10.6. The van der Waals surface area contributed by atoms with Gasteiger partial charge in [-0.3, -0.25) is 4.79 Å². The molecule has 2 unspecified atom stereocenters. The van der Waals surface area contributed by atoms with Crippen molar-refractivity contribution in [1.82, 2.24) is 0 Å². The van der Waals surface area contributed by atoms with Gasteiger partial charge >= 0.3 is 5.97 Å². The maximum atomic E-state index is 12.1. The van der Waals surface area contributed by atoms with Crippen molar-refractivity contribution in [3.8, 4) is 0 Å². The third-order valence-corrected chi connectivity index (χ3v) is 4.74. The zero-order valence-corrected chi connectivity index (χ0v) is 9.87. The zero-order valence-electron chi connectivity index (χ0n) is 9.87. The molecule has 3 heteroatoms. The van der Waals surface area contributed by atoms with Crippen molar-refractivity contribution in [1.29, 1.82) is 0 Å². The molecule has 0 aromatic heterocycles. The largest absolute Gasteiger partial charge is 0.466 e. The summed E-state index contributed by atoms with van der Waals surface area (Å²) >= 11 is 0. The molecule has 4 saturated carbocycles. The van der Waals surface area contributed by atoms with Crippen molar-refractivity contribution in [2.45, 2.75) is 51.0 Å². The summed E-state index contributed by atoms with van der Waals surface area (Å²) in [5.74, 6) is 1.05. The molecule has 4 atom stereocenters. The molecule has 90 valence electrons. The van der Waals surface area contributed by atoms with Gasteiger partial charge in [0.05, 0.1) is 17.6 Å². The second kappa shape index (κ2) is 3.22. The van der Waals surface area contributed by atoms with Gasteiger partial charge in [0.1, 0.15) is 0 Å². The molecule has 0 heterocycles. The van der Waals surface area contributed by atoms with Crippen LogP contribution in [0.1, 0.15) is 45.4 Å². The molecule has 0 saturated heterocycles. The fourth-order valence-corrected chi connectivity index (χ4v) is 4.74. The van der Waals surface area contributed by atoms with Gasteiger partial charge in [0.2, 0.25) is 0 Å². The van der Waals surface area contributed by atoms with E-state index < -0.39 is 5.60 Å². The zero-order chi connectivity index (χ0) is 11.4. The van der Waals surface area contributed by atoms with Crippen molar-refractivity contribution in [3.05, 3.63) is 0 Å². The van der Waals surface area contributed by atoms with Crippen molar-refractivity contribution < 1.29 is 14.6 Å². The molecule has 4 bridgehead atoms. The lowest BCUT2D eigenvalue weighted by Crippen LogP contribution is -2.58. The lowest BCUT2D eigenvalue weighted by Gasteiger charge is -2.58. The Morgan fingerprint density at radius 3 is 2.44 bits per heavy atom. The third kappa shape index (κ3) is 1.41. The van der Waals surface area contributed by atoms with Gasteiger partial charge in [0.25, 0.3) is 0 Å². The number of rotatable bonds is 2. The van der Waals surface area contributed by atoms with E-state index in [1.807, 2.05) is 6.92 Å². The molecule has 4 aliphatic rings. The van der Waals surface area contributed by atoms with Gasteiger partial charge in [-0.05, 0) is 57.3 Å². The highest BCUT2D eigenvalue weighted by Crippen LogP contribution is 2.61. The van der Waals surface area contributed by atoms with Gasteiger partial charge in [0.15, 0.2) is 0 Å². The molecule has 4 rings (SSSR count). The van der Waals surface area contributed by atoms with Crippen LogP contribution in [0.5, 0.6) is 0 Å².